The third-order valence-electron chi connectivity index (χ3n) is 2.99. The lowest BCUT2D eigenvalue weighted by molar-refractivity contribution is -0.148. The first-order chi connectivity index (χ1) is 6.92. The lowest BCUT2D eigenvalue weighted by Crippen LogP contribution is -2.39. The minimum absolute atomic E-state index is 0.206. The number of hydrogen-bond acceptors (Lipinski definition) is 3. The Bertz CT molecular complexity index is 228. The van der Waals surface area contributed by atoms with Crippen molar-refractivity contribution < 1.29 is 15.0 Å². The van der Waals surface area contributed by atoms with Crippen LogP contribution < -0.4 is 0 Å². The maximum Gasteiger partial charge on any atom is 0.310 e. The number of likely N-dealkylation sites (tertiary alicyclic amines) is 1. The molecule has 0 amide bonds. The van der Waals surface area contributed by atoms with Crippen LogP contribution in [0.5, 0.6) is 0 Å². The molecule has 0 aromatic heterocycles. The predicted octanol–water partition coefficient (Wildman–Crippen LogP) is 0.944. The highest BCUT2D eigenvalue weighted by molar-refractivity contribution is 5.73. The standard InChI is InChI=1S/C11H21NO3/c1-11(2,10(14)15)8-12-6-3-4-9(13)5-7-12/h9,13H,3-8H2,1-2H3,(H,14,15). The Labute approximate surface area is 90.9 Å². The maximum atomic E-state index is 11.0. The molecule has 4 heteroatoms. The van der Waals surface area contributed by atoms with Crippen molar-refractivity contribution in [2.45, 2.75) is 39.2 Å². The fraction of sp³-hybridized carbons (Fsp3) is 0.909. The van der Waals surface area contributed by atoms with Gasteiger partial charge in [0.2, 0.25) is 0 Å². The highest BCUT2D eigenvalue weighted by Crippen LogP contribution is 2.20. The van der Waals surface area contributed by atoms with Gasteiger partial charge in [-0.25, -0.2) is 0 Å². The molecular weight excluding hydrogens is 194 g/mol. The lowest BCUT2D eigenvalue weighted by atomic mass is 9.93. The number of hydrogen-bond donors (Lipinski definition) is 2. The number of carbonyl (C=O) groups is 1. The molecule has 0 aliphatic carbocycles. The first-order valence-corrected chi connectivity index (χ1v) is 5.55. The molecule has 4 nitrogen and oxygen atoms in total. The summed E-state index contributed by atoms with van der Waals surface area (Å²) in [4.78, 5) is 13.1. The lowest BCUT2D eigenvalue weighted by Gasteiger charge is -2.28. The van der Waals surface area contributed by atoms with Crippen molar-refractivity contribution in [3.05, 3.63) is 0 Å². The smallest absolute Gasteiger partial charge is 0.310 e. The van der Waals surface area contributed by atoms with Crippen LogP contribution in [0.3, 0.4) is 0 Å². The molecule has 0 aromatic rings. The summed E-state index contributed by atoms with van der Waals surface area (Å²) in [6.45, 7) is 5.76. The normalized spacial score (nSPS) is 24.9. The molecule has 1 heterocycles. The van der Waals surface area contributed by atoms with Gasteiger partial charge in [0.25, 0.3) is 0 Å². The first kappa shape index (κ1) is 12.5. The summed E-state index contributed by atoms with van der Waals surface area (Å²) in [5.41, 5.74) is -0.699. The molecule has 1 aliphatic heterocycles. The fourth-order valence-electron chi connectivity index (χ4n) is 1.92. The summed E-state index contributed by atoms with van der Waals surface area (Å²) in [7, 11) is 0. The molecule has 1 saturated heterocycles. The average molecular weight is 215 g/mol. The second-order valence-corrected chi connectivity index (χ2v) is 5.05. The van der Waals surface area contributed by atoms with E-state index in [-0.39, 0.29) is 6.10 Å². The molecule has 0 saturated carbocycles. The summed E-state index contributed by atoms with van der Waals surface area (Å²) in [5, 5.41) is 18.5. The van der Waals surface area contributed by atoms with Gasteiger partial charge in [0.1, 0.15) is 0 Å². The van der Waals surface area contributed by atoms with Crippen LogP contribution >= 0.6 is 0 Å². The zero-order valence-corrected chi connectivity index (χ0v) is 9.57. The van der Waals surface area contributed by atoms with E-state index in [2.05, 4.69) is 4.90 Å². The van der Waals surface area contributed by atoms with Gasteiger partial charge in [-0.2, -0.15) is 0 Å². The van der Waals surface area contributed by atoms with Gasteiger partial charge in [-0.1, -0.05) is 0 Å². The van der Waals surface area contributed by atoms with Crippen LogP contribution in [0.4, 0.5) is 0 Å². The topological polar surface area (TPSA) is 60.8 Å². The Hall–Kier alpha value is -0.610. The van der Waals surface area contributed by atoms with Crippen LogP contribution in [0.2, 0.25) is 0 Å². The number of aliphatic hydroxyl groups is 1. The molecule has 1 atom stereocenters. The van der Waals surface area contributed by atoms with Gasteiger partial charge in [-0.05, 0) is 39.7 Å². The molecule has 0 spiro atoms. The van der Waals surface area contributed by atoms with Crippen LogP contribution in [0, 0.1) is 5.41 Å². The molecule has 1 aliphatic rings. The van der Waals surface area contributed by atoms with Gasteiger partial charge in [-0.3, -0.25) is 4.79 Å². The van der Waals surface area contributed by atoms with Crippen LogP contribution in [0.1, 0.15) is 33.1 Å². The Morgan fingerprint density at radius 3 is 2.67 bits per heavy atom. The molecule has 1 rings (SSSR count). The largest absolute Gasteiger partial charge is 0.481 e. The van der Waals surface area contributed by atoms with Gasteiger partial charge in [0.05, 0.1) is 11.5 Å². The molecule has 1 unspecified atom stereocenters. The van der Waals surface area contributed by atoms with Crippen LogP contribution in [0.15, 0.2) is 0 Å². The monoisotopic (exact) mass is 215 g/mol. The zero-order chi connectivity index (χ0) is 11.5. The minimum Gasteiger partial charge on any atom is -0.481 e. The molecule has 88 valence electrons. The van der Waals surface area contributed by atoms with E-state index in [1.807, 2.05) is 0 Å². The highest BCUT2D eigenvalue weighted by atomic mass is 16.4. The third kappa shape index (κ3) is 3.80. The van der Waals surface area contributed by atoms with E-state index >= 15 is 0 Å². The fourth-order valence-corrected chi connectivity index (χ4v) is 1.92. The quantitative estimate of drug-likeness (QED) is 0.735. The van der Waals surface area contributed by atoms with E-state index in [1.165, 1.54) is 0 Å². The molecule has 0 aromatic carbocycles. The predicted molar refractivity (Wildman–Crippen MR) is 57.7 cm³/mol. The molecule has 0 radical (unpaired) electrons. The van der Waals surface area contributed by atoms with E-state index in [4.69, 9.17) is 5.11 Å². The van der Waals surface area contributed by atoms with Gasteiger partial charge < -0.3 is 15.1 Å². The molecule has 2 N–H and O–H groups in total. The van der Waals surface area contributed by atoms with E-state index in [1.54, 1.807) is 13.8 Å². The molecule has 15 heavy (non-hydrogen) atoms. The van der Waals surface area contributed by atoms with Gasteiger partial charge in [-0.15, -0.1) is 0 Å². The van der Waals surface area contributed by atoms with E-state index in [0.29, 0.717) is 6.54 Å². The summed E-state index contributed by atoms with van der Waals surface area (Å²) in [6, 6.07) is 0. The number of aliphatic carboxylic acids is 1. The molecule has 1 fully saturated rings. The third-order valence-corrected chi connectivity index (χ3v) is 2.99. The van der Waals surface area contributed by atoms with Gasteiger partial charge in [0.15, 0.2) is 0 Å². The van der Waals surface area contributed by atoms with Crippen molar-refractivity contribution in [1.29, 1.82) is 0 Å². The van der Waals surface area contributed by atoms with Crippen molar-refractivity contribution in [3.8, 4) is 0 Å². The number of aliphatic hydroxyl groups excluding tert-OH is 1. The van der Waals surface area contributed by atoms with Crippen molar-refractivity contribution in [2.24, 2.45) is 5.41 Å². The average Bonchev–Trinajstić information content (AvgIpc) is 2.30. The number of rotatable bonds is 3. The number of carboxylic acid groups (broad SMARTS) is 1. The first-order valence-electron chi connectivity index (χ1n) is 5.55. The Morgan fingerprint density at radius 2 is 2.07 bits per heavy atom. The van der Waals surface area contributed by atoms with Crippen LogP contribution in [0.25, 0.3) is 0 Å². The second-order valence-electron chi connectivity index (χ2n) is 5.05. The van der Waals surface area contributed by atoms with Crippen molar-refractivity contribution in [1.82, 2.24) is 4.90 Å². The summed E-state index contributed by atoms with van der Waals surface area (Å²) in [6.07, 6.45) is 2.35. The summed E-state index contributed by atoms with van der Waals surface area (Å²) in [5.74, 6) is -0.757. The zero-order valence-electron chi connectivity index (χ0n) is 9.57. The minimum atomic E-state index is -0.757. The van der Waals surface area contributed by atoms with Crippen LogP contribution in [-0.4, -0.2) is 46.8 Å². The van der Waals surface area contributed by atoms with Crippen LogP contribution in [-0.2, 0) is 4.79 Å². The number of carboxylic acids is 1. The second kappa shape index (κ2) is 4.94. The van der Waals surface area contributed by atoms with E-state index in [0.717, 1.165) is 32.4 Å². The van der Waals surface area contributed by atoms with E-state index < -0.39 is 11.4 Å². The SMILES string of the molecule is CC(C)(CN1CCCC(O)CC1)C(=O)O. The Balaban J connectivity index is 2.47. The summed E-state index contributed by atoms with van der Waals surface area (Å²) >= 11 is 0. The van der Waals surface area contributed by atoms with Crippen molar-refractivity contribution >= 4 is 5.97 Å². The summed E-state index contributed by atoms with van der Waals surface area (Å²) < 4.78 is 0. The van der Waals surface area contributed by atoms with Gasteiger partial charge >= 0.3 is 5.97 Å². The van der Waals surface area contributed by atoms with Crippen molar-refractivity contribution in [3.63, 3.8) is 0 Å². The number of nitrogens with zero attached hydrogens (tertiary/aromatic N) is 1. The van der Waals surface area contributed by atoms with Crippen molar-refractivity contribution in [2.75, 3.05) is 19.6 Å². The van der Waals surface area contributed by atoms with E-state index in [9.17, 15) is 9.90 Å². The van der Waals surface area contributed by atoms with Gasteiger partial charge in [0, 0.05) is 13.1 Å². The maximum absolute atomic E-state index is 11.0. The molecule has 0 bridgehead atoms. The Kier molecular flexibility index (Phi) is 4.11. The highest BCUT2D eigenvalue weighted by Gasteiger charge is 2.30. The molecular formula is C11H21NO3. The Morgan fingerprint density at radius 1 is 1.40 bits per heavy atom.